The normalized spacial score (nSPS) is 19.1. The van der Waals surface area contributed by atoms with Crippen molar-refractivity contribution in [1.82, 2.24) is 30.2 Å². The number of carbonyl (C=O) groups excluding carboxylic acids is 3. The number of likely N-dealkylation sites (N-methyl/N-ethyl adjacent to an activating group) is 3. The molecule has 33 heavy (non-hydrogen) atoms. The zero-order valence-electron chi connectivity index (χ0n) is 20.2. The Morgan fingerprint density at radius 2 is 1.42 bits per heavy atom. The summed E-state index contributed by atoms with van der Waals surface area (Å²) in [6.45, 7) is 8.61. The first-order chi connectivity index (χ1) is 15.6. The fourth-order valence-corrected chi connectivity index (χ4v) is 3.63. The summed E-state index contributed by atoms with van der Waals surface area (Å²) in [5, 5.41) is 14.4. The molecule has 12 nitrogen and oxygen atoms in total. The molecule has 1 saturated heterocycles. The van der Waals surface area contributed by atoms with Crippen LogP contribution in [0.15, 0.2) is 0 Å². The monoisotopic (exact) mass is 471 g/mol. The molecule has 0 aromatic carbocycles. The lowest BCUT2D eigenvalue weighted by Crippen LogP contribution is -2.51. The highest BCUT2D eigenvalue weighted by Gasteiger charge is 2.23. The van der Waals surface area contributed by atoms with E-state index in [1.54, 1.807) is 0 Å². The van der Waals surface area contributed by atoms with Gasteiger partial charge < -0.3 is 31.3 Å². The van der Waals surface area contributed by atoms with E-state index in [2.05, 4.69) is 27.4 Å². The van der Waals surface area contributed by atoms with Gasteiger partial charge in [-0.25, -0.2) is 0 Å². The summed E-state index contributed by atoms with van der Waals surface area (Å²) in [6.07, 6.45) is 0.121. The number of amides is 3. The Balaban J connectivity index is 2.83. The first-order valence-corrected chi connectivity index (χ1v) is 11.5. The van der Waals surface area contributed by atoms with Gasteiger partial charge in [0.1, 0.15) is 6.04 Å². The van der Waals surface area contributed by atoms with Crippen molar-refractivity contribution in [2.45, 2.75) is 25.8 Å². The summed E-state index contributed by atoms with van der Waals surface area (Å²) >= 11 is 0. The van der Waals surface area contributed by atoms with E-state index in [-0.39, 0.29) is 37.7 Å². The van der Waals surface area contributed by atoms with Crippen LogP contribution in [0.25, 0.3) is 0 Å². The maximum atomic E-state index is 12.7. The Morgan fingerprint density at radius 3 is 1.94 bits per heavy atom. The van der Waals surface area contributed by atoms with Crippen molar-refractivity contribution in [3.05, 3.63) is 0 Å². The lowest BCUT2D eigenvalue weighted by Gasteiger charge is -2.32. The van der Waals surface area contributed by atoms with Gasteiger partial charge in [0.25, 0.3) is 0 Å². The van der Waals surface area contributed by atoms with E-state index in [1.807, 2.05) is 16.8 Å². The highest BCUT2D eigenvalue weighted by atomic mass is 16.4. The SMILES string of the molecule is CCN1CCN(C)CCN(CC(=O)O)CCN(CC(=O)N[C@H](CCC(N)=O)C(=O)NC)CC1. The Kier molecular flexibility index (Phi) is 13.5. The molecule has 1 heterocycles. The van der Waals surface area contributed by atoms with Gasteiger partial charge in [-0.2, -0.15) is 0 Å². The Labute approximate surface area is 196 Å². The number of carbonyl (C=O) groups is 4. The smallest absolute Gasteiger partial charge is 0.317 e. The van der Waals surface area contributed by atoms with Gasteiger partial charge in [-0.05, 0) is 20.0 Å². The standard InChI is InChI=1S/C21H41N7O5/c1-4-26-9-7-25(3)8-10-28(16-20(31)32)14-13-27(12-11-26)15-19(30)24-17(21(33)23-2)5-6-18(22)29/h17H,4-16H2,1-3H3,(H2,22,29)(H,23,33)(H,24,30)(H,31,32)/t17-/m1/s1. The number of nitrogens with two attached hydrogens (primary N) is 1. The number of nitrogens with one attached hydrogen (secondary N) is 2. The minimum Gasteiger partial charge on any atom is -0.480 e. The first-order valence-electron chi connectivity index (χ1n) is 11.5. The molecule has 0 radical (unpaired) electrons. The summed E-state index contributed by atoms with van der Waals surface area (Å²) in [4.78, 5) is 55.6. The Morgan fingerprint density at radius 1 is 0.909 bits per heavy atom. The molecule has 12 heteroatoms. The number of carboxylic acids is 1. The van der Waals surface area contributed by atoms with Crippen LogP contribution in [-0.2, 0) is 19.2 Å². The van der Waals surface area contributed by atoms with Crippen molar-refractivity contribution >= 4 is 23.7 Å². The van der Waals surface area contributed by atoms with Gasteiger partial charge in [-0.15, -0.1) is 0 Å². The number of primary amides is 1. The average Bonchev–Trinajstić information content (AvgIpc) is 2.76. The summed E-state index contributed by atoms with van der Waals surface area (Å²) in [7, 11) is 3.51. The second kappa shape index (κ2) is 15.5. The molecule has 3 amide bonds. The van der Waals surface area contributed by atoms with Crippen molar-refractivity contribution in [2.75, 3.05) is 86.1 Å². The summed E-state index contributed by atoms with van der Waals surface area (Å²) in [6, 6.07) is -0.839. The number of hydrogen-bond acceptors (Lipinski definition) is 8. The maximum absolute atomic E-state index is 12.7. The molecule has 0 aromatic rings. The number of nitrogens with zero attached hydrogens (tertiary/aromatic N) is 4. The van der Waals surface area contributed by atoms with Crippen molar-refractivity contribution in [1.29, 1.82) is 0 Å². The first kappa shape index (κ1) is 28.8. The fraction of sp³-hybridized carbons (Fsp3) is 0.810. The molecule has 0 saturated carbocycles. The van der Waals surface area contributed by atoms with Crippen LogP contribution in [0, 0.1) is 0 Å². The quantitative estimate of drug-likeness (QED) is 0.270. The lowest BCUT2D eigenvalue weighted by atomic mass is 10.1. The molecule has 1 rings (SSSR count). The third-order valence-electron chi connectivity index (χ3n) is 5.81. The molecule has 0 spiro atoms. The molecule has 1 atom stereocenters. The number of hydrogen-bond donors (Lipinski definition) is 4. The minimum absolute atomic E-state index is 0.00780. The summed E-state index contributed by atoms with van der Waals surface area (Å²) < 4.78 is 0. The third kappa shape index (κ3) is 12.5. The van der Waals surface area contributed by atoms with Gasteiger partial charge in [-0.3, -0.25) is 29.0 Å². The van der Waals surface area contributed by atoms with Crippen LogP contribution >= 0.6 is 0 Å². The van der Waals surface area contributed by atoms with E-state index in [9.17, 15) is 24.3 Å². The zero-order chi connectivity index (χ0) is 24.8. The van der Waals surface area contributed by atoms with Crippen LogP contribution < -0.4 is 16.4 Å². The predicted octanol–water partition coefficient (Wildman–Crippen LogP) is -2.56. The topological polar surface area (TPSA) is 152 Å². The Hall–Kier alpha value is -2.28. The van der Waals surface area contributed by atoms with Crippen LogP contribution in [0.4, 0.5) is 0 Å². The maximum Gasteiger partial charge on any atom is 0.317 e. The van der Waals surface area contributed by atoms with E-state index in [1.165, 1.54) is 7.05 Å². The van der Waals surface area contributed by atoms with E-state index in [0.29, 0.717) is 26.2 Å². The molecule has 0 aromatic heterocycles. The van der Waals surface area contributed by atoms with E-state index < -0.39 is 17.9 Å². The lowest BCUT2D eigenvalue weighted by molar-refractivity contribution is -0.138. The van der Waals surface area contributed by atoms with Crippen molar-refractivity contribution in [2.24, 2.45) is 5.73 Å². The number of aliphatic carboxylic acids is 1. The minimum atomic E-state index is -0.880. The largest absolute Gasteiger partial charge is 0.480 e. The van der Waals surface area contributed by atoms with E-state index >= 15 is 0 Å². The van der Waals surface area contributed by atoms with Gasteiger partial charge in [-0.1, -0.05) is 6.92 Å². The van der Waals surface area contributed by atoms with Gasteiger partial charge in [0, 0.05) is 65.8 Å². The molecular formula is C21H41N7O5. The zero-order valence-corrected chi connectivity index (χ0v) is 20.2. The fourth-order valence-electron chi connectivity index (χ4n) is 3.63. The molecule has 1 aliphatic heterocycles. The van der Waals surface area contributed by atoms with Crippen LogP contribution in [0.1, 0.15) is 19.8 Å². The molecule has 1 aliphatic rings. The highest BCUT2D eigenvalue weighted by molar-refractivity contribution is 5.88. The second-order valence-corrected chi connectivity index (χ2v) is 8.42. The highest BCUT2D eigenvalue weighted by Crippen LogP contribution is 2.02. The third-order valence-corrected chi connectivity index (χ3v) is 5.81. The van der Waals surface area contributed by atoms with E-state index in [0.717, 1.165) is 32.7 Å². The molecule has 5 N–H and O–H groups in total. The number of carboxylic acid groups (broad SMARTS) is 1. The molecular weight excluding hydrogens is 430 g/mol. The summed E-state index contributed by atoms with van der Waals surface area (Å²) in [5.74, 6) is -2.13. The van der Waals surface area contributed by atoms with Crippen molar-refractivity contribution in [3.8, 4) is 0 Å². The summed E-state index contributed by atoms with van der Waals surface area (Å²) in [5.41, 5.74) is 5.18. The molecule has 0 bridgehead atoms. The van der Waals surface area contributed by atoms with Crippen LogP contribution in [0.2, 0.25) is 0 Å². The molecule has 0 unspecified atom stereocenters. The van der Waals surface area contributed by atoms with Crippen molar-refractivity contribution < 1.29 is 24.3 Å². The predicted molar refractivity (Wildman–Crippen MR) is 125 cm³/mol. The van der Waals surface area contributed by atoms with Gasteiger partial charge in [0.05, 0.1) is 13.1 Å². The second-order valence-electron chi connectivity index (χ2n) is 8.42. The van der Waals surface area contributed by atoms with Crippen LogP contribution in [0.5, 0.6) is 0 Å². The Bertz CT molecular complexity index is 648. The average molecular weight is 472 g/mol. The van der Waals surface area contributed by atoms with Crippen LogP contribution in [-0.4, -0.2) is 141 Å². The van der Waals surface area contributed by atoms with Crippen molar-refractivity contribution in [3.63, 3.8) is 0 Å². The molecule has 0 aliphatic carbocycles. The van der Waals surface area contributed by atoms with Crippen LogP contribution in [0.3, 0.4) is 0 Å². The van der Waals surface area contributed by atoms with Gasteiger partial charge in [0.15, 0.2) is 0 Å². The molecule has 1 fully saturated rings. The van der Waals surface area contributed by atoms with E-state index in [4.69, 9.17) is 5.73 Å². The van der Waals surface area contributed by atoms with Gasteiger partial charge >= 0.3 is 5.97 Å². The molecule has 190 valence electrons. The number of rotatable bonds is 10. The van der Waals surface area contributed by atoms with Gasteiger partial charge in [0.2, 0.25) is 17.7 Å².